The van der Waals surface area contributed by atoms with Crippen LogP contribution in [0.25, 0.3) is 10.2 Å². The van der Waals surface area contributed by atoms with Gasteiger partial charge in [0.2, 0.25) is 10.0 Å². The Balaban J connectivity index is 1.66. The van der Waals surface area contributed by atoms with Gasteiger partial charge in [-0.15, -0.1) is 11.3 Å². The third-order valence-corrected chi connectivity index (χ3v) is 8.37. The fraction of sp³-hybridized carbons (Fsp3) is 0.478. The Morgan fingerprint density at radius 1 is 1.25 bits per heavy atom. The van der Waals surface area contributed by atoms with Gasteiger partial charge in [-0.3, -0.25) is 4.90 Å². The molecule has 1 aliphatic rings. The molecule has 0 unspecified atom stereocenters. The van der Waals surface area contributed by atoms with Crippen molar-refractivity contribution in [3.8, 4) is 0 Å². The Bertz CT molecular complexity index is 1230. The van der Waals surface area contributed by atoms with E-state index in [0.717, 1.165) is 53.0 Å². The number of benzene rings is 1. The van der Waals surface area contributed by atoms with E-state index in [4.69, 9.17) is 15.1 Å². The first kappa shape index (κ1) is 23.1. The highest BCUT2D eigenvalue weighted by Gasteiger charge is 2.21. The molecular formula is C23H31N5O2S2. The predicted octanol–water partition coefficient (Wildman–Crippen LogP) is 4.36. The summed E-state index contributed by atoms with van der Waals surface area (Å²) < 4.78 is 23.6. The van der Waals surface area contributed by atoms with Crippen molar-refractivity contribution in [1.29, 1.82) is 0 Å². The monoisotopic (exact) mass is 473 g/mol. The zero-order valence-corrected chi connectivity index (χ0v) is 20.7. The summed E-state index contributed by atoms with van der Waals surface area (Å²) in [6.45, 7) is 11.4. The van der Waals surface area contributed by atoms with Gasteiger partial charge in [-0.2, -0.15) is 0 Å². The summed E-state index contributed by atoms with van der Waals surface area (Å²) in [5, 5.41) is 9.88. The molecule has 0 aliphatic carbocycles. The smallest absolute Gasteiger partial charge is 0.238 e. The molecule has 0 amide bonds. The summed E-state index contributed by atoms with van der Waals surface area (Å²) in [6.07, 6.45) is 2.42. The summed E-state index contributed by atoms with van der Waals surface area (Å²) in [4.78, 5) is 14.6. The molecule has 7 nitrogen and oxygen atoms in total. The van der Waals surface area contributed by atoms with Gasteiger partial charge in [-0.1, -0.05) is 19.1 Å². The van der Waals surface area contributed by atoms with Gasteiger partial charge in [0.05, 0.1) is 22.9 Å². The van der Waals surface area contributed by atoms with E-state index in [1.165, 1.54) is 29.3 Å². The molecule has 1 fully saturated rings. The van der Waals surface area contributed by atoms with E-state index < -0.39 is 10.0 Å². The van der Waals surface area contributed by atoms with E-state index in [-0.39, 0.29) is 10.9 Å². The third-order valence-electron chi connectivity index (χ3n) is 6.36. The molecule has 0 radical (unpaired) electrons. The number of nitrogens with two attached hydrogens (primary N) is 1. The highest BCUT2D eigenvalue weighted by Crippen LogP contribution is 2.35. The molecule has 3 heterocycles. The fourth-order valence-corrected chi connectivity index (χ4v) is 5.76. The molecule has 3 N–H and O–H groups in total. The van der Waals surface area contributed by atoms with Crippen LogP contribution in [0.3, 0.4) is 0 Å². The van der Waals surface area contributed by atoms with Crippen molar-refractivity contribution in [3.05, 3.63) is 46.1 Å². The number of likely N-dealkylation sites (tertiary alicyclic amines) is 1. The largest absolute Gasteiger partial charge is 0.363 e. The highest BCUT2D eigenvalue weighted by atomic mass is 32.2. The summed E-state index contributed by atoms with van der Waals surface area (Å²) in [5.74, 6) is 2.40. The Morgan fingerprint density at radius 3 is 2.66 bits per heavy atom. The Hall–Kier alpha value is -2.07. The number of rotatable bonds is 6. The van der Waals surface area contributed by atoms with Crippen LogP contribution in [0.5, 0.6) is 0 Å². The molecule has 172 valence electrons. The summed E-state index contributed by atoms with van der Waals surface area (Å²) in [6, 6.07) is 6.58. The van der Waals surface area contributed by atoms with Gasteiger partial charge in [-0.25, -0.2) is 23.5 Å². The fourth-order valence-electron chi connectivity index (χ4n) is 4.14. The maximum Gasteiger partial charge on any atom is 0.238 e. The van der Waals surface area contributed by atoms with Crippen molar-refractivity contribution < 1.29 is 8.42 Å². The Kier molecular flexibility index (Phi) is 6.53. The van der Waals surface area contributed by atoms with Crippen molar-refractivity contribution in [2.45, 2.75) is 58.0 Å². The molecule has 1 aromatic carbocycles. The van der Waals surface area contributed by atoms with Crippen LogP contribution in [-0.2, 0) is 16.6 Å². The molecule has 4 rings (SSSR count). The van der Waals surface area contributed by atoms with E-state index in [0.29, 0.717) is 0 Å². The van der Waals surface area contributed by atoms with Crippen molar-refractivity contribution in [3.63, 3.8) is 0 Å². The molecular weight excluding hydrogens is 442 g/mol. The average Bonchev–Trinajstić information content (AvgIpc) is 3.03. The van der Waals surface area contributed by atoms with Gasteiger partial charge < -0.3 is 5.32 Å². The van der Waals surface area contributed by atoms with Crippen LogP contribution in [0.15, 0.2) is 29.2 Å². The normalized spacial score (nSPS) is 17.0. The minimum atomic E-state index is -3.75. The molecule has 0 bridgehead atoms. The number of piperidine rings is 1. The number of nitrogens with zero attached hydrogens (tertiary/aromatic N) is 3. The van der Waals surface area contributed by atoms with E-state index in [1.54, 1.807) is 23.5 Å². The van der Waals surface area contributed by atoms with Crippen LogP contribution >= 0.6 is 11.3 Å². The van der Waals surface area contributed by atoms with Gasteiger partial charge in [0, 0.05) is 4.88 Å². The van der Waals surface area contributed by atoms with Crippen molar-refractivity contribution in [2.75, 3.05) is 18.4 Å². The zero-order valence-electron chi connectivity index (χ0n) is 19.1. The maximum atomic E-state index is 11.8. The second-order valence-electron chi connectivity index (χ2n) is 8.89. The van der Waals surface area contributed by atoms with E-state index in [9.17, 15) is 8.42 Å². The minimum Gasteiger partial charge on any atom is -0.363 e. The Morgan fingerprint density at radius 2 is 1.97 bits per heavy atom. The van der Waals surface area contributed by atoms with Gasteiger partial charge in [0.1, 0.15) is 16.5 Å². The molecule has 1 atom stereocenters. The van der Waals surface area contributed by atoms with Gasteiger partial charge >= 0.3 is 0 Å². The minimum absolute atomic E-state index is 0.110. The number of aromatic nitrogens is 2. The molecule has 1 aliphatic heterocycles. The van der Waals surface area contributed by atoms with Crippen LogP contribution in [0.1, 0.15) is 54.6 Å². The van der Waals surface area contributed by atoms with E-state index >= 15 is 0 Å². The molecule has 9 heteroatoms. The predicted molar refractivity (Wildman–Crippen MR) is 130 cm³/mol. The highest BCUT2D eigenvalue weighted by molar-refractivity contribution is 7.89. The number of primary sulfonamides is 1. The number of sulfonamides is 1. The zero-order chi connectivity index (χ0) is 23.0. The quantitative estimate of drug-likeness (QED) is 0.552. The number of fused-ring (bicyclic) bond motifs is 1. The Labute approximate surface area is 194 Å². The average molecular weight is 474 g/mol. The van der Waals surface area contributed by atoms with Crippen LogP contribution in [0.4, 0.5) is 5.82 Å². The number of hydrogen-bond acceptors (Lipinski definition) is 7. The third kappa shape index (κ3) is 4.96. The lowest BCUT2D eigenvalue weighted by Crippen LogP contribution is -2.33. The summed E-state index contributed by atoms with van der Waals surface area (Å²) in [7, 11) is -3.75. The number of anilines is 1. The number of aryl methyl sites for hydroxylation is 2. The molecule has 0 spiro atoms. The molecule has 3 aromatic rings. The van der Waals surface area contributed by atoms with E-state index in [1.807, 2.05) is 13.0 Å². The lowest BCUT2D eigenvalue weighted by atomic mass is 9.99. The molecule has 1 saturated heterocycles. The van der Waals surface area contributed by atoms with Crippen LogP contribution in [0.2, 0.25) is 0 Å². The van der Waals surface area contributed by atoms with Gasteiger partial charge in [-0.05, 0) is 75.9 Å². The summed E-state index contributed by atoms with van der Waals surface area (Å²) in [5.41, 5.74) is 2.01. The SMILES string of the molecule is Cc1sc2nc(CN3CCC(C)CC3)nc(N[C@H](C)c3cccc(S(N)(=O)=O)c3)c2c1C. The van der Waals surface area contributed by atoms with Gasteiger partial charge in [0.25, 0.3) is 0 Å². The number of nitrogens with one attached hydrogen (secondary N) is 1. The van der Waals surface area contributed by atoms with Crippen molar-refractivity contribution >= 4 is 37.4 Å². The molecule has 0 saturated carbocycles. The number of thiophene rings is 1. The van der Waals surface area contributed by atoms with Crippen molar-refractivity contribution in [2.24, 2.45) is 11.1 Å². The second kappa shape index (κ2) is 9.05. The van der Waals surface area contributed by atoms with Crippen LogP contribution in [-0.4, -0.2) is 36.4 Å². The first-order chi connectivity index (χ1) is 15.1. The standard InChI is InChI=1S/C23H31N5O2S2/c1-14-8-10-28(11-9-14)13-20-26-22(21-15(2)17(4)31-23(21)27-20)25-16(3)18-6-5-7-19(12-18)32(24,29)30/h5-7,12,14,16H,8-11,13H2,1-4H3,(H2,24,29,30)(H,25,26,27)/t16-/m1/s1. The topological polar surface area (TPSA) is 101 Å². The molecule has 2 aromatic heterocycles. The van der Waals surface area contributed by atoms with Crippen LogP contribution < -0.4 is 10.5 Å². The maximum absolute atomic E-state index is 11.8. The molecule has 32 heavy (non-hydrogen) atoms. The first-order valence-corrected chi connectivity index (χ1v) is 13.4. The summed E-state index contributed by atoms with van der Waals surface area (Å²) >= 11 is 1.69. The van der Waals surface area contributed by atoms with Gasteiger partial charge in [0.15, 0.2) is 0 Å². The second-order valence-corrected chi connectivity index (χ2v) is 11.7. The van der Waals surface area contributed by atoms with Crippen molar-refractivity contribution in [1.82, 2.24) is 14.9 Å². The first-order valence-electron chi connectivity index (χ1n) is 11.0. The van der Waals surface area contributed by atoms with E-state index in [2.05, 4.69) is 31.0 Å². The lowest BCUT2D eigenvalue weighted by Gasteiger charge is -2.29. The number of hydrogen-bond donors (Lipinski definition) is 2. The lowest BCUT2D eigenvalue weighted by molar-refractivity contribution is 0.181. The van der Waals surface area contributed by atoms with Crippen LogP contribution in [0, 0.1) is 19.8 Å².